The lowest BCUT2D eigenvalue weighted by Gasteiger charge is -2.34. The monoisotopic (exact) mass is 326 g/mol. The first-order chi connectivity index (χ1) is 11.5. The SMILES string of the molecule is Bc1ccccc1Cn1c(N2CCC[C@@H](N)C2)cc(=O)n(C)c1=O. The number of anilines is 1. The largest absolute Gasteiger partial charge is 0.356 e. The smallest absolute Gasteiger partial charge is 0.332 e. The first-order valence-electron chi connectivity index (χ1n) is 8.33. The average molecular weight is 326 g/mol. The molecule has 24 heavy (non-hydrogen) atoms. The van der Waals surface area contributed by atoms with Crippen molar-refractivity contribution in [1.82, 2.24) is 9.13 Å². The third kappa shape index (κ3) is 3.17. The van der Waals surface area contributed by atoms with Crippen molar-refractivity contribution in [3.8, 4) is 0 Å². The van der Waals surface area contributed by atoms with E-state index in [0.717, 1.165) is 35.0 Å². The molecule has 2 heterocycles. The molecule has 0 unspecified atom stereocenters. The van der Waals surface area contributed by atoms with Gasteiger partial charge in [-0.2, -0.15) is 0 Å². The summed E-state index contributed by atoms with van der Waals surface area (Å²) in [5, 5.41) is 0. The lowest BCUT2D eigenvalue weighted by molar-refractivity contribution is 0.491. The summed E-state index contributed by atoms with van der Waals surface area (Å²) in [6, 6.07) is 9.61. The summed E-state index contributed by atoms with van der Waals surface area (Å²) in [5.41, 5.74) is 7.70. The van der Waals surface area contributed by atoms with Gasteiger partial charge in [0.1, 0.15) is 13.7 Å². The van der Waals surface area contributed by atoms with Gasteiger partial charge < -0.3 is 10.6 Å². The fourth-order valence-electron chi connectivity index (χ4n) is 3.25. The van der Waals surface area contributed by atoms with Crippen molar-refractivity contribution < 1.29 is 0 Å². The topological polar surface area (TPSA) is 73.3 Å². The van der Waals surface area contributed by atoms with Crippen LogP contribution in [0.15, 0.2) is 39.9 Å². The Morgan fingerprint density at radius 2 is 2.04 bits per heavy atom. The molecule has 0 radical (unpaired) electrons. The molecule has 1 atom stereocenters. The van der Waals surface area contributed by atoms with E-state index >= 15 is 0 Å². The fraction of sp³-hybridized carbons (Fsp3) is 0.412. The van der Waals surface area contributed by atoms with Crippen LogP contribution in [0.5, 0.6) is 0 Å². The predicted octanol–water partition coefficient (Wildman–Crippen LogP) is -1.22. The van der Waals surface area contributed by atoms with Gasteiger partial charge in [-0.3, -0.25) is 13.9 Å². The molecule has 1 aliphatic heterocycles. The summed E-state index contributed by atoms with van der Waals surface area (Å²) in [6.45, 7) is 1.93. The van der Waals surface area contributed by atoms with Crippen molar-refractivity contribution in [2.24, 2.45) is 12.8 Å². The van der Waals surface area contributed by atoms with Crippen molar-refractivity contribution in [1.29, 1.82) is 0 Å². The molecule has 2 N–H and O–H groups in total. The van der Waals surface area contributed by atoms with Gasteiger partial charge in [0.05, 0.1) is 6.54 Å². The molecule has 126 valence electrons. The number of nitrogens with two attached hydrogens (primary N) is 1. The lowest BCUT2D eigenvalue weighted by Crippen LogP contribution is -2.47. The molecule has 3 rings (SSSR count). The molecule has 1 aromatic carbocycles. The third-order valence-corrected chi connectivity index (χ3v) is 4.75. The molecule has 0 aliphatic carbocycles. The number of piperidine rings is 1. The second-order valence-electron chi connectivity index (χ2n) is 6.54. The van der Waals surface area contributed by atoms with Crippen molar-refractivity contribution >= 4 is 19.1 Å². The zero-order valence-electron chi connectivity index (χ0n) is 14.2. The van der Waals surface area contributed by atoms with Crippen LogP contribution in [0.25, 0.3) is 0 Å². The zero-order valence-corrected chi connectivity index (χ0v) is 14.2. The standard InChI is InChI=1S/C17H23BN4O2/c1-20-16(23)9-15(21-8-4-6-13(19)11-21)22(17(20)24)10-12-5-2-3-7-14(12)18/h2-3,5,7,9,13H,4,6,8,10-11,18-19H2,1H3/t13-/m1/s1. The minimum absolute atomic E-state index is 0.0739. The molecule has 0 amide bonds. The van der Waals surface area contributed by atoms with E-state index in [4.69, 9.17) is 5.73 Å². The van der Waals surface area contributed by atoms with Crippen LogP contribution in [-0.4, -0.2) is 36.1 Å². The summed E-state index contributed by atoms with van der Waals surface area (Å²) < 4.78 is 2.84. The molecular weight excluding hydrogens is 303 g/mol. The molecule has 1 aliphatic rings. The Morgan fingerprint density at radius 3 is 2.75 bits per heavy atom. The minimum atomic E-state index is -0.292. The first kappa shape index (κ1) is 16.6. The maximum absolute atomic E-state index is 12.7. The number of aromatic nitrogens is 2. The van der Waals surface area contributed by atoms with E-state index in [1.807, 2.05) is 32.1 Å². The second kappa shape index (κ2) is 6.69. The summed E-state index contributed by atoms with van der Waals surface area (Å²) in [5.74, 6) is 0.668. The summed E-state index contributed by atoms with van der Waals surface area (Å²) >= 11 is 0. The summed E-state index contributed by atoms with van der Waals surface area (Å²) in [6.07, 6.45) is 1.94. The minimum Gasteiger partial charge on any atom is -0.356 e. The highest BCUT2D eigenvalue weighted by molar-refractivity contribution is 6.33. The van der Waals surface area contributed by atoms with Gasteiger partial charge in [-0.1, -0.05) is 29.7 Å². The number of hydrogen-bond acceptors (Lipinski definition) is 4. The van der Waals surface area contributed by atoms with E-state index in [9.17, 15) is 9.59 Å². The zero-order chi connectivity index (χ0) is 17.3. The van der Waals surface area contributed by atoms with Crippen molar-refractivity contribution in [2.75, 3.05) is 18.0 Å². The Labute approximate surface area is 141 Å². The van der Waals surface area contributed by atoms with Crippen LogP contribution in [-0.2, 0) is 13.6 Å². The quantitative estimate of drug-likeness (QED) is 0.718. The van der Waals surface area contributed by atoms with Crippen molar-refractivity contribution in [3.05, 3.63) is 56.7 Å². The predicted molar refractivity (Wildman–Crippen MR) is 99.1 cm³/mol. The average Bonchev–Trinajstić information content (AvgIpc) is 2.57. The van der Waals surface area contributed by atoms with E-state index in [0.29, 0.717) is 18.9 Å². The highest BCUT2D eigenvalue weighted by Crippen LogP contribution is 2.17. The van der Waals surface area contributed by atoms with Crippen LogP contribution in [0.4, 0.5) is 5.82 Å². The normalized spacial score (nSPS) is 17.9. The van der Waals surface area contributed by atoms with Crippen molar-refractivity contribution in [3.63, 3.8) is 0 Å². The van der Waals surface area contributed by atoms with Gasteiger partial charge in [-0.25, -0.2) is 4.79 Å². The lowest BCUT2D eigenvalue weighted by atomic mass is 9.90. The molecule has 2 aromatic rings. The first-order valence-corrected chi connectivity index (χ1v) is 8.33. The van der Waals surface area contributed by atoms with E-state index in [1.165, 1.54) is 7.05 Å². The number of hydrogen-bond donors (Lipinski definition) is 1. The highest BCUT2D eigenvalue weighted by Gasteiger charge is 2.21. The van der Waals surface area contributed by atoms with Crippen LogP contribution in [0.3, 0.4) is 0 Å². The van der Waals surface area contributed by atoms with Gasteiger partial charge in [0.2, 0.25) is 0 Å². The van der Waals surface area contributed by atoms with Crippen LogP contribution in [0, 0.1) is 0 Å². The maximum atomic E-state index is 12.7. The molecule has 1 fully saturated rings. The van der Waals surface area contributed by atoms with E-state index in [2.05, 4.69) is 4.90 Å². The van der Waals surface area contributed by atoms with Crippen molar-refractivity contribution in [2.45, 2.75) is 25.4 Å². The molecule has 1 aromatic heterocycles. The Morgan fingerprint density at radius 1 is 1.29 bits per heavy atom. The molecule has 1 saturated heterocycles. The van der Waals surface area contributed by atoms with E-state index in [1.54, 1.807) is 10.6 Å². The van der Waals surface area contributed by atoms with Crippen LogP contribution < -0.4 is 27.3 Å². The number of nitrogens with zero attached hydrogens (tertiary/aromatic N) is 3. The van der Waals surface area contributed by atoms with Gasteiger partial charge in [-0.05, 0) is 18.4 Å². The molecule has 0 spiro atoms. The van der Waals surface area contributed by atoms with Gasteiger partial charge in [0.25, 0.3) is 5.56 Å². The molecule has 6 nitrogen and oxygen atoms in total. The Balaban J connectivity index is 2.09. The van der Waals surface area contributed by atoms with Crippen LogP contribution >= 0.6 is 0 Å². The maximum Gasteiger partial charge on any atom is 0.332 e. The molecule has 7 heteroatoms. The van der Waals surface area contributed by atoms with Gasteiger partial charge >= 0.3 is 5.69 Å². The van der Waals surface area contributed by atoms with E-state index < -0.39 is 0 Å². The molecule has 0 saturated carbocycles. The van der Waals surface area contributed by atoms with Gasteiger partial charge in [-0.15, -0.1) is 0 Å². The van der Waals surface area contributed by atoms with Crippen LogP contribution in [0.1, 0.15) is 18.4 Å². The van der Waals surface area contributed by atoms with Gasteiger partial charge in [0, 0.05) is 32.2 Å². The highest BCUT2D eigenvalue weighted by atomic mass is 16.2. The number of benzene rings is 1. The summed E-state index contributed by atoms with van der Waals surface area (Å²) in [4.78, 5) is 26.9. The third-order valence-electron chi connectivity index (χ3n) is 4.75. The Kier molecular flexibility index (Phi) is 4.62. The number of rotatable bonds is 3. The Bertz CT molecular complexity index is 858. The fourth-order valence-corrected chi connectivity index (χ4v) is 3.25. The van der Waals surface area contributed by atoms with Crippen LogP contribution in [0.2, 0.25) is 0 Å². The Hall–Kier alpha value is -2.28. The molecular formula is C17H23BN4O2. The summed E-state index contributed by atoms with van der Waals surface area (Å²) in [7, 11) is 3.55. The van der Waals surface area contributed by atoms with E-state index in [-0.39, 0.29) is 17.3 Å². The van der Waals surface area contributed by atoms with Gasteiger partial charge in [0.15, 0.2) is 0 Å². The molecule has 0 bridgehead atoms. The second-order valence-corrected chi connectivity index (χ2v) is 6.54.